The maximum absolute atomic E-state index is 13.0. The average Bonchev–Trinajstić information content (AvgIpc) is 2.74. The number of amides is 1. The number of anilines is 4. The van der Waals surface area contributed by atoms with E-state index in [2.05, 4.69) is 26.1 Å². The Labute approximate surface area is 179 Å². The molecule has 12 heteroatoms. The van der Waals surface area contributed by atoms with E-state index in [9.17, 15) is 18.0 Å². The zero-order valence-electron chi connectivity index (χ0n) is 15.7. The standard InChI is InChI=1S/C19H16ClF3N6O2/c20-14-7-6-11(8-13(14)19(21,22)23)27-17-16(24)18(26-10-25-17)29-28-15(30)9-31-12-4-2-1-3-5-12/h1-8,10H,9,24H2,(H,28,30)(H2,25,26,27,29). The number of halogens is 4. The van der Waals surface area contributed by atoms with Crippen molar-refractivity contribution in [3.8, 4) is 5.75 Å². The van der Waals surface area contributed by atoms with Crippen LogP contribution in [0.4, 0.5) is 36.2 Å². The quantitative estimate of drug-likeness (QED) is 0.401. The number of carbonyl (C=O) groups is 1. The van der Waals surface area contributed by atoms with Crippen molar-refractivity contribution in [2.45, 2.75) is 6.18 Å². The van der Waals surface area contributed by atoms with Gasteiger partial charge in [-0.3, -0.25) is 15.6 Å². The fourth-order valence-electron chi connectivity index (χ4n) is 2.38. The predicted molar refractivity (Wildman–Crippen MR) is 110 cm³/mol. The van der Waals surface area contributed by atoms with Crippen LogP contribution in [-0.2, 0) is 11.0 Å². The molecule has 0 saturated carbocycles. The van der Waals surface area contributed by atoms with Crippen LogP contribution in [0.2, 0.25) is 5.02 Å². The molecule has 1 aromatic heterocycles. The number of para-hydroxylation sites is 1. The number of hydrogen-bond donors (Lipinski definition) is 4. The molecule has 31 heavy (non-hydrogen) atoms. The fourth-order valence-corrected chi connectivity index (χ4v) is 2.61. The van der Waals surface area contributed by atoms with E-state index in [4.69, 9.17) is 22.1 Å². The molecule has 0 bridgehead atoms. The summed E-state index contributed by atoms with van der Waals surface area (Å²) in [5.74, 6) is 0.0778. The third-order valence-electron chi connectivity index (χ3n) is 3.85. The Kier molecular flexibility index (Phi) is 6.65. The largest absolute Gasteiger partial charge is 0.484 e. The number of rotatable bonds is 7. The van der Waals surface area contributed by atoms with Gasteiger partial charge in [0, 0.05) is 5.69 Å². The van der Waals surface area contributed by atoms with Crippen LogP contribution in [0.15, 0.2) is 54.9 Å². The molecule has 8 nitrogen and oxygen atoms in total. The first-order valence-electron chi connectivity index (χ1n) is 8.71. The number of alkyl halides is 3. The van der Waals surface area contributed by atoms with Gasteiger partial charge in [0.1, 0.15) is 17.8 Å². The number of nitrogen functional groups attached to an aromatic ring is 1. The van der Waals surface area contributed by atoms with Crippen molar-refractivity contribution in [1.29, 1.82) is 0 Å². The summed E-state index contributed by atoms with van der Waals surface area (Å²) < 4.78 is 44.4. The van der Waals surface area contributed by atoms with E-state index in [-0.39, 0.29) is 29.6 Å². The number of carbonyl (C=O) groups excluding carboxylic acids is 1. The Morgan fingerprint density at radius 2 is 1.81 bits per heavy atom. The second-order valence-electron chi connectivity index (χ2n) is 6.08. The van der Waals surface area contributed by atoms with Crippen LogP contribution in [0.5, 0.6) is 5.75 Å². The molecular weight excluding hydrogens is 437 g/mol. The lowest BCUT2D eigenvalue weighted by Crippen LogP contribution is -2.34. The van der Waals surface area contributed by atoms with Gasteiger partial charge in [-0.15, -0.1) is 0 Å². The second-order valence-corrected chi connectivity index (χ2v) is 6.48. The minimum absolute atomic E-state index is 0.0303. The van der Waals surface area contributed by atoms with Crippen molar-refractivity contribution in [1.82, 2.24) is 15.4 Å². The summed E-state index contributed by atoms with van der Waals surface area (Å²) in [6.07, 6.45) is -3.50. The highest BCUT2D eigenvalue weighted by Crippen LogP contribution is 2.37. The van der Waals surface area contributed by atoms with E-state index in [1.54, 1.807) is 24.3 Å². The molecule has 5 N–H and O–H groups in total. The molecule has 2 aromatic carbocycles. The van der Waals surface area contributed by atoms with Gasteiger partial charge >= 0.3 is 6.18 Å². The number of hydrogen-bond acceptors (Lipinski definition) is 7. The zero-order chi connectivity index (χ0) is 22.4. The zero-order valence-corrected chi connectivity index (χ0v) is 16.5. The van der Waals surface area contributed by atoms with Gasteiger partial charge in [-0.2, -0.15) is 13.2 Å². The highest BCUT2D eigenvalue weighted by atomic mass is 35.5. The summed E-state index contributed by atoms with van der Waals surface area (Å²) in [5, 5.41) is 2.24. The van der Waals surface area contributed by atoms with Gasteiger partial charge in [-0.05, 0) is 30.3 Å². The van der Waals surface area contributed by atoms with Crippen LogP contribution in [0.1, 0.15) is 5.56 Å². The predicted octanol–water partition coefficient (Wildman–Crippen LogP) is 4.00. The molecule has 162 valence electrons. The lowest BCUT2D eigenvalue weighted by Gasteiger charge is -2.15. The topological polar surface area (TPSA) is 114 Å². The number of hydrazine groups is 1. The number of aromatic nitrogens is 2. The van der Waals surface area contributed by atoms with Crippen molar-refractivity contribution in [3.05, 3.63) is 65.4 Å². The highest BCUT2D eigenvalue weighted by molar-refractivity contribution is 6.31. The summed E-state index contributed by atoms with van der Waals surface area (Å²) in [7, 11) is 0. The SMILES string of the molecule is Nc1c(NNC(=O)COc2ccccc2)ncnc1Nc1ccc(Cl)c(C(F)(F)F)c1. The van der Waals surface area contributed by atoms with Gasteiger partial charge in [0.15, 0.2) is 18.2 Å². The normalized spacial score (nSPS) is 11.0. The maximum atomic E-state index is 13.0. The number of ether oxygens (including phenoxy) is 1. The van der Waals surface area contributed by atoms with Gasteiger partial charge in [0.05, 0.1) is 10.6 Å². The van der Waals surface area contributed by atoms with Gasteiger partial charge in [0.25, 0.3) is 5.91 Å². The monoisotopic (exact) mass is 452 g/mol. The van der Waals surface area contributed by atoms with E-state index in [0.29, 0.717) is 5.75 Å². The van der Waals surface area contributed by atoms with Crippen LogP contribution >= 0.6 is 11.6 Å². The second kappa shape index (κ2) is 9.39. The van der Waals surface area contributed by atoms with Gasteiger partial charge in [0.2, 0.25) is 0 Å². The lowest BCUT2D eigenvalue weighted by molar-refractivity contribution is -0.137. The first kappa shape index (κ1) is 22.0. The third kappa shape index (κ3) is 5.89. The van der Waals surface area contributed by atoms with Crippen molar-refractivity contribution in [2.75, 3.05) is 23.1 Å². The summed E-state index contributed by atoms with van der Waals surface area (Å²) >= 11 is 5.62. The van der Waals surface area contributed by atoms with Crippen molar-refractivity contribution < 1.29 is 22.7 Å². The highest BCUT2D eigenvalue weighted by Gasteiger charge is 2.33. The Balaban J connectivity index is 1.64. The van der Waals surface area contributed by atoms with Crippen LogP contribution in [0.3, 0.4) is 0 Å². The molecule has 3 aromatic rings. The molecule has 0 aliphatic heterocycles. The fraction of sp³-hybridized carbons (Fsp3) is 0.105. The summed E-state index contributed by atoms with van der Waals surface area (Å²) in [6.45, 7) is -0.266. The molecule has 0 aliphatic rings. The number of benzene rings is 2. The average molecular weight is 453 g/mol. The molecule has 0 atom stereocenters. The van der Waals surface area contributed by atoms with Gasteiger partial charge < -0.3 is 15.8 Å². The van der Waals surface area contributed by atoms with Crippen LogP contribution in [0.25, 0.3) is 0 Å². The summed E-state index contributed by atoms with van der Waals surface area (Å²) in [4.78, 5) is 19.7. The number of nitrogens with two attached hydrogens (primary N) is 1. The van der Waals surface area contributed by atoms with E-state index in [1.165, 1.54) is 6.07 Å². The van der Waals surface area contributed by atoms with Crippen LogP contribution in [0, 0.1) is 0 Å². The number of nitrogens with one attached hydrogen (secondary N) is 3. The summed E-state index contributed by atoms with van der Waals surface area (Å²) in [6, 6.07) is 12.0. The molecule has 0 spiro atoms. The first-order valence-corrected chi connectivity index (χ1v) is 9.09. The molecule has 3 rings (SSSR count). The Morgan fingerprint density at radius 3 is 2.52 bits per heavy atom. The maximum Gasteiger partial charge on any atom is 0.417 e. The minimum Gasteiger partial charge on any atom is -0.484 e. The van der Waals surface area contributed by atoms with E-state index in [0.717, 1.165) is 18.5 Å². The van der Waals surface area contributed by atoms with Gasteiger partial charge in [-0.1, -0.05) is 29.8 Å². The van der Waals surface area contributed by atoms with Gasteiger partial charge in [-0.25, -0.2) is 9.97 Å². The molecule has 0 aliphatic carbocycles. The molecule has 0 saturated heterocycles. The van der Waals surface area contributed by atoms with Crippen LogP contribution < -0.4 is 26.6 Å². The third-order valence-corrected chi connectivity index (χ3v) is 4.18. The Bertz CT molecular complexity index is 1070. The van der Waals surface area contributed by atoms with Crippen molar-refractivity contribution in [3.63, 3.8) is 0 Å². The minimum atomic E-state index is -4.62. The molecule has 0 radical (unpaired) electrons. The van der Waals surface area contributed by atoms with Crippen LogP contribution in [-0.4, -0.2) is 22.5 Å². The Morgan fingerprint density at radius 1 is 1.10 bits per heavy atom. The first-order chi connectivity index (χ1) is 14.7. The molecular formula is C19H16ClF3N6O2. The van der Waals surface area contributed by atoms with Crippen molar-refractivity contribution in [2.24, 2.45) is 0 Å². The van der Waals surface area contributed by atoms with Crippen molar-refractivity contribution >= 4 is 40.5 Å². The number of nitrogens with zero attached hydrogens (tertiary/aromatic N) is 2. The molecule has 1 heterocycles. The molecule has 0 unspecified atom stereocenters. The van der Waals surface area contributed by atoms with E-state index >= 15 is 0 Å². The lowest BCUT2D eigenvalue weighted by atomic mass is 10.2. The summed E-state index contributed by atoms with van der Waals surface area (Å²) in [5.41, 5.74) is 9.87. The van der Waals surface area contributed by atoms with E-state index in [1.807, 2.05) is 6.07 Å². The molecule has 0 fully saturated rings. The molecule has 1 amide bonds. The Hall–Kier alpha value is -3.73. The van der Waals surface area contributed by atoms with E-state index < -0.39 is 22.7 Å². The smallest absolute Gasteiger partial charge is 0.417 e.